The lowest BCUT2D eigenvalue weighted by molar-refractivity contribution is -0.122. The molecule has 1 saturated heterocycles. The van der Waals surface area contributed by atoms with Gasteiger partial charge in [0.2, 0.25) is 5.91 Å². The van der Waals surface area contributed by atoms with Crippen LogP contribution in [0.1, 0.15) is 34.7 Å². The minimum absolute atomic E-state index is 0.0859. The van der Waals surface area contributed by atoms with E-state index in [1.807, 2.05) is 18.3 Å². The van der Waals surface area contributed by atoms with E-state index in [1.165, 1.54) is 11.1 Å². The molecule has 0 unspecified atom stereocenters. The maximum atomic E-state index is 12.7. The predicted molar refractivity (Wildman–Crippen MR) is 109 cm³/mol. The minimum atomic E-state index is -0.167. The summed E-state index contributed by atoms with van der Waals surface area (Å²) in [6, 6.07) is 10.2. The topological polar surface area (TPSA) is 48.5 Å². The van der Waals surface area contributed by atoms with E-state index in [-0.39, 0.29) is 11.9 Å². The van der Waals surface area contributed by atoms with E-state index in [0.717, 1.165) is 43.9 Å². The molecule has 0 aliphatic carbocycles. The highest BCUT2D eigenvalue weighted by Gasteiger charge is 2.20. The average molecular weight is 367 g/mol. The molecule has 2 aromatic rings. The quantitative estimate of drug-likeness (QED) is 0.854. The second kappa shape index (κ2) is 9.11. The molecule has 27 heavy (non-hydrogen) atoms. The van der Waals surface area contributed by atoms with Crippen molar-refractivity contribution in [2.75, 3.05) is 39.8 Å². The maximum absolute atomic E-state index is 12.7. The van der Waals surface area contributed by atoms with E-state index in [2.05, 4.69) is 59.2 Å². The molecule has 1 atom stereocenters. The van der Waals surface area contributed by atoms with Crippen molar-refractivity contribution in [3.8, 4) is 0 Å². The van der Waals surface area contributed by atoms with Crippen LogP contribution in [0.5, 0.6) is 0 Å². The molecule has 5 nitrogen and oxygen atoms in total. The number of pyridine rings is 1. The molecule has 144 valence electrons. The Morgan fingerprint density at radius 3 is 2.63 bits per heavy atom. The third-order valence-electron chi connectivity index (χ3n) is 5.31. The highest BCUT2D eigenvalue weighted by atomic mass is 16.1. The summed E-state index contributed by atoms with van der Waals surface area (Å²) in [7, 11) is 2.15. The van der Waals surface area contributed by atoms with Gasteiger partial charge in [-0.25, -0.2) is 0 Å². The Kier molecular flexibility index (Phi) is 6.58. The third kappa shape index (κ3) is 5.37. The fraction of sp³-hybridized carbons (Fsp3) is 0.455. The van der Waals surface area contributed by atoms with Crippen molar-refractivity contribution in [3.63, 3.8) is 0 Å². The molecule has 1 aliphatic heterocycles. The van der Waals surface area contributed by atoms with Gasteiger partial charge in [0.1, 0.15) is 0 Å². The first-order valence-electron chi connectivity index (χ1n) is 9.70. The molecule has 1 aromatic heterocycles. The third-order valence-corrected chi connectivity index (χ3v) is 5.31. The highest BCUT2D eigenvalue weighted by molar-refractivity contribution is 5.77. The zero-order valence-corrected chi connectivity index (χ0v) is 16.6. The Hall–Kier alpha value is -2.24. The molecule has 0 saturated carbocycles. The number of benzene rings is 1. The number of carbonyl (C=O) groups is 1. The van der Waals surface area contributed by atoms with Crippen LogP contribution in [-0.4, -0.2) is 60.5 Å². The van der Waals surface area contributed by atoms with Crippen molar-refractivity contribution in [1.29, 1.82) is 0 Å². The lowest BCUT2D eigenvalue weighted by Gasteiger charge is -2.32. The molecule has 0 bridgehead atoms. The van der Waals surface area contributed by atoms with Crippen molar-refractivity contribution in [1.82, 2.24) is 20.1 Å². The summed E-state index contributed by atoms with van der Waals surface area (Å²) in [6.45, 7) is 9.21. The summed E-state index contributed by atoms with van der Waals surface area (Å²) in [5, 5.41) is 3.24. The lowest BCUT2D eigenvalue weighted by Crippen LogP contribution is -2.45. The molecule has 3 rings (SSSR count). The zero-order chi connectivity index (χ0) is 19.2. The summed E-state index contributed by atoms with van der Waals surface area (Å²) in [6.07, 6.45) is 4.12. The van der Waals surface area contributed by atoms with Crippen molar-refractivity contribution in [2.45, 2.75) is 26.3 Å². The second-order valence-electron chi connectivity index (χ2n) is 7.54. The number of rotatable bonds is 6. The van der Waals surface area contributed by atoms with Crippen molar-refractivity contribution < 1.29 is 4.79 Å². The molecule has 1 fully saturated rings. The van der Waals surface area contributed by atoms with E-state index < -0.39 is 0 Å². The summed E-state index contributed by atoms with van der Waals surface area (Å²) < 4.78 is 0. The van der Waals surface area contributed by atoms with Gasteiger partial charge in [-0.3, -0.25) is 9.78 Å². The molecule has 0 radical (unpaired) electrons. The lowest BCUT2D eigenvalue weighted by atomic mass is 9.94. The Morgan fingerprint density at radius 2 is 1.96 bits per heavy atom. The van der Waals surface area contributed by atoms with Crippen molar-refractivity contribution >= 4 is 5.91 Å². The number of hydrogen-bond acceptors (Lipinski definition) is 4. The molecule has 1 aromatic carbocycles. The van der Waals surface area contributed by atoms with Crippen LogP contribution >= 0.6 is 0 Å². The van der Waals surface area contributed by atoms with E-state index >= 15 is 0 Å². The fourth-order valence-electron chi connectivity index (χ4n) is 3.60. The summed E-state index contributed by atoms with van der Waals surface area (Å²) in [4.78, 5) is 21.7. The molecule has 1 aliphatic rings. The van der Waals surface area contributed by atoms with Crippen LogP contribution in [0.25, 0.3) is 0 Å². The second-order valence-corrected chi connectivity index (χ2v) is 7.54. The van der Waals surface area contributed by atoms with Gasteiger partial charge in [0.25, 0.3) is 0 Å². The van der Waals surface area contributed by atoms with Gasteiger partial charge in [-0.05, 0) is 43.7 Å². The average Bonchev–Trinajstić information content (AvgIpc) is 2.67. The number of hydrogen-bond donors (Lipinski definition) is 1. The van der Waals surface area contributed by atoms with Gasteiger partial charge in [-0.2, -0.15) is 0 Å². The highest BCUT2D eigenvalue weighted by Crippen LogP contribution is 2.25. The van der Waals surface area contributed by atoms with Crippen molar-refractivity contribution in [2.24, 2.45) is 0 Å². The monoisotopic (exact) mass is 366 g/mol. The van der Waals surface area contributed by atoms with Crippen LogP contribution in [-0.2, 0) is 4.79 Å². The standard InChI is InChI=1S/C22H30N4O/c1-17-6-7-20(18(2)15-17)22(19-5-4-9-23-16-19)24-21(27)8-10-26-13-11-25(3)12-14-26/h4-7,9,15-16,22H,8,10-14H2,1-3H3,(H,24,27)/t22-/m1/s1. The van der Waals surface area contributed by atoms with E-state index in [1.54, 1.807) is 6.20 Å². The first kappa shape index (κ1) is 19.5. The smallest absolute Gasteiger partial charge is 0.222 e. The molecule has 1 amide bonds. The molecule has 1 N–H and O–H groups in total. The van der Waals surface area contributed by atoms with Gasteiger partial charge in [-0.1, -0.05) is 29.8 Å². The zero-order valence-electron chi connectivity index (χ0n) is 16.6. The number of aryl methyl sites for hydroxylation is 2. The minimum Gasteiger partial charge on any atom is -0.345 e. The van der Waals surface area contributed by atoms with Crippen LogP contribution in [0.4, 0.5) is 0 Å². The maximum Gasteiger partial charge on any atom is 0.222 e. The Balaban J connectivity index is 1.69. The van der Waals surface area contributed by atoms with Crippen LogP contribution in [0.15, 0.2) is 42.7 Å². The number of nitrogens with zero attached hydrogens (tertiary/aromatic N) is 3. The van der Waals surface area contributed by atoms with Gasteiger partial charge < -0.3 is 15.1 Å². The van der Waals surface area contributed by atoms with E-state index in [4.69, 9.17) is 0 Å². The normalized spacial score (nSPS) is 16.9. The van der Waals surface area contributed by atoms with Gasteiger partial charge in [-0.15, -0.1) is 0 Å². The van der Waals surface area contributed by atoms with Crippen LogP contribution < -0.4 is 5.32 Å². The summed E-state index contributed by atoms with van der Waals surface area (Å²) in [5.41, 5.74) is 4.55. The van der Waals surface area contributed by atoms with Crippen LogP contribution in [0, 0.1) is 13.8 Å². The first-order valence-corrected chi connectivity index (χ1v) is 9.70. The largest absolute Gasteiger partial charge is 0.345 e. The van der Waals surface area contributed by atoms with Gasteiger partial charge in [0.15, 0.2) is 0 Å². The van der Waals surface area contributed by atoms with Gasteiger partial charge in [0.05, 0.1) is 6.04 Å². The molecule has 0 spiro atoms. The van der Waals surface area contributed by atoms with Crippen molar-refractivity contribution in [3.05, 3.63) is 65.0 Å². The molecule has 5 heteroatoms. The van der Waals surface area contributed by atoms with E-state index in [9.17, 15) is 4.79 Å². The molecular weight excluding hydrogens is 336 g/mol. The van der Waals surface area contributed by atoms with Gasteiger partial charge in [0, 0.05) is 51.5 Å². The van der Waals surface area contributed by atoms with Crippen LogP contribution in [0.2, 0.25) is 0 Å². The fourth-order valence-corrected chi connectivity index (χ4v) is 3.60. The predicted octanol–water partition coefficient (Wildman–Crippen LogP) is 2.54. The Morgan fingerprint density at radius 1 is 1.19 bits per heavy atom. The summed E-state index contributed by atoms with van der Waals surface area (Å²) in [5.74, 6) is 0.0859. The Bertz CT molecular complexity index is 754. The molecular formula is C22H30N4O. The number of piperazine rings is 1. The van der Waals surface area contributed by atoms with Crippen LogP contribution in [0.3, 0.4) is 0 Å². The van der Waals surface area contributed by atoms with Gasteiger partial charge >= 0.3 is 0 Å². The Labute approximate surface area is 162 Å². The first-order chi connectivity index (χ1) is 13.0. The SMILES string of the molecule is Cc1ccc([C@H](NC(=O)CCN2CCN(C)CC2)c2cccnc2)c(C)c1. The number of aromatic nitrogens is 1. The number of carbonyl (C=O) groups excluding carboxylic acids is 1. The number of nitrogens with one attached hydrogen (secondary N) is 1. The number of likely N-dealkylation sites (N-methyl/N-ethyl adjacent to an activating group) is 1. The molecule has 2 heterocycles. The number of amides is 1. The summed E-state index contributed by atoms with van der Waals surface area (Å²) >= 11 is 0. The van der Waals surface area contributed by atoms with E-state index in [0.29, 0.717) is 6.42 Å².